The lowest BCUT2D eigenvalue weighted by Gasteiger charge is -2.23. The quantitative estimate of drug-likeness (QED) is 0.852. The number of sulfonamides is 1. The number of hydrogen-bond donors (Lipinski definition) is 1. The molecule has 8 heteroatoms. The lowest BCUT2D eigenvalue weighted by molar-refractivity contribution is -0.120. The van der Waals surface area contributed by atoms with Crippen LogP contribution in [-0.2, 0) is 14.8 Å². The van der Waals surface area contributed by atoms with Crippen molar-refractivity contribution in [3.8, 4) is 0 Å². The highest BCUT2D eigenvalue weighted by molar-refractivity contribution is 7.92. The van der Waals surface area contributed by atoms with Crippen molar-refractivity contribution in [2.45, 2.75) is 13.0 Å². The summed E-state index contributed by atoms with van der Waals surface area (Å²) in [6.07, 6.45) is 0.899. The fourth-order valence-electron chi connectivity index (χ4n) is 2.29. The van der Waals surface area contributed by atoms with Crippen LogP contribution in [0.3, 0.4) is 0 Å². The molecule has 0 aromatic heterocycles. The van der Waals surface area contributed by atoms with Crippen LogP contribution in [0.4, 0.5) is 14.5 Å². The SMILES string of the molecule is CC(NC(=O)CN(c1ccccc1F)S(C)(=O)=O)c1ccc(F)cc1. The molecule has 1 amide bonds. The van der Waals surface area contributed by atoms with E-state index in [9.17, 15) is 22.0 Å². The number of nitrogens with zero attached hydrogens (tertiary/aromatic N) is 1. The van der Waals surface area contributed by atoms with Crippen molar-refractivity contribution in [2.24, 2.45) is 0 Å². The van der Waals surface area contributed by atoms with Crippen LogP contribution in [-0.4, -0.2) is 27.1 Å². The van der Waals surface area contributed by atoms with E-state index in [4.69, 9.17) is 0 Å². The second-order valence-electron chi connectivity index (χ2n) is 5.56. The van der Waals surface area contributed by atoms with Gasteiger partial charge in [-0.15, -0.1) is 0 Å². The average Bonchev–Trinajstić information content (AvgIpc) is 2.53. The summed E-state index contributed by atoms with van der Waals surface area (Å²) < 4.78 is 51.5. The van der Waals surface area contributed by atoms with Crippen LogP contribution < -0.4 is 9.62 Å². The second kappa shape index (κ2) is 7.60. The lowest BCUT2D eigenvalue weighted by Crippen LogP contribution is -2.41. The summed E-state index contributed by atoms with van der Waals surface area (Å²) in [4.78, 5) is 12.2. The Morgan fingerprint density at radius 2 is 1.72 bits per heavy atom. The molecule has 0 saturated heterocycles. The predicted octanol–water partition coefficient (Wildman–Crippen LogP) is 2.61. The molecule has 1 N–H and O–H groups in total. The molecular weight excluding hydrogens is 350 g/mol. The van der Waals surface area contributed by atoms with Crippen molar-refractivity contribution < 1.29 is 22.0 Å². The van der Waals surface area contributed by atoms with Crippen molar-refractivity contribution >= 4 is 21.6 Å². The van der Waals surface area contributed by atoms with E-state index in [1.54, 1.807) is 6.92 Å². The third-order valence-corrected chi connectivity index (χ3v) is 4.68. The van der Waals surface area contributed by atoms with Gasteiger partial charge in [-0.3, -0.25) is 9.10 Å². The Kier molecular flexibility index (Phi) is 5.73. The Bertz CT molecular complexity index is 854. The van der Waals surface area contributed by atoms with E-state index < -0.39 is 40.2 Å². The highest BCUT2D eigenvalue weighted by atomic mass is 32.2. The highest BCUT2D eigenvalue weighted by Crippen LogP contribution is 2.21. The van der Waals surface area contributed by atoms with Gasteiger partial charge < -0.3 is 5.32 Å². The molecular formula is C17H18F2N2O3S. The molecule has 0 heterocycles. The zero-order valence-corrected chi connectivity index (χ0v) is 14.6. The predicted molar refractivity (Wildman–Crippen MR) is 91.5 cm³/mol. The maximum Gasteiger partial charge on any atom is 0.241 e. The number of anilines is 1. The minimum Gasteiger partial charge on any atom is -0.348 e. The Hall–Kier alpha value is -2.48. The molecule has 1 atom stereocenters. The molecule has 0 bridgehead atoms. The van der Waals surface area contributed by atoms with Gasteiger partial charge in [0.1, 0.15) is 18.2 Å². The molecule has 0 aliphatic heterocycles. The summed E-state index contributed by atoms with van der Waals surface area (Å²) in [6.45, 7) is 1.12. The second-order valence-corrected chi connectivity index (χ2v) is 7.47. The molecule has 0 aliphatic carbocycles. The first-order valence-corrected chi connectivity index (χ1v) is 9.30. The van der Waals surface area contributed by atoms with Gasteiger partial charge in [0.2, 0.25) is 15.9 Å². The summed E-state index contributed by atoms with van der Waals surface area (Å²) in [5.41, 5.74) is 0.459. The van der Waals surface area contributed by atoms with Crippen molar-refractivity contribution in [2.75, 3.05) is 17.1 Å². The number of carbonyl (C=O) groups is 1. The Balaban J connectivity index is 2.15. The van der Waals surface area contributed by atoms with E-state index in [0.29, 0.717) is 9.87 Å². The van der Waals surface area contributed by atoms with Gasteiger partial charge in [0, 0.05) is 0 Å². The number of para-hydroxylation sites is 1. The van der Waals surface area contributed by atoms with Crippen LogP contribution in [0.15, 0.2) is 48.5 Å². The lowest BCUT2D eigenvalue weighted by atomic mass is 10.1. The Morgan fingerprint density at radius 1 is 1.12 bits per heavy atom. The smallest absolute Gasteiger partial charge is 0.241 e. The molecule has 134 valence electrons. The fourth-order valence-corrected chi connectivity index (χ4v) is 3.14. The van der Waals surface area contributed by atoms with E-state index in [1.165, 1.54) is 42.5 Å². The van der Waals surface area contributed by atoms with Crippen molar-refractivity contribution in [3.05, 3.63) is 65.7 Å². The Labute approximate surface area is 145 Å². The van der Waals surface area contributed by atoms with Crippen molar-refractivity contribution in [1.29, 1.82) is 0 Å². The fraction of sp³-hybridized carbons (Fsp3) is 0.235. The molecule has 2 rings (SSSR count). The van der Waals surface area contributed by atoms with Crippen LogP contribution in [0.1, 0.15) is 18.5 Å². The van der Waals surface area contributed by atoms with E-state index in [1.807, 2.05) is 0 Å². The standard InChI is InChI=1S/C17H18F2N2O3S/c1-12(13-7-9-14(18)10-8-13)20-17(22)11-21(25(2,23)24)16-6-4-3-5-15(16)19/h3-10,12H,11H2,1-2H3,(H,20,22). The third kappa shape index (κ3) is 4.99. The molecule has 0 aliphatic rings. The number of nitrogens with one attached hydrogen (secondary N) is 1. The van der Waals surface area contributed by atoms with E-state index in [-0.39, 0.29) is 5.69 Å². The zero-order chi connectivity index (χ0) is 18.6. The zero-order valence-electron chi connectivity index (χ0n) is 13.7. The Morgan fingerprint density at radius 3 is 2.28 bits per heavy atom. The summed E-state index contributed by atoms with van der Waals surface area (Å²) >= 11 is 0. The number of carbonyl (C=O) groups excluding carboxylic acids is 1. The minimum atomic E-state index is -3.86. The number of halogens is 2. The number of benzene rings is 2. The summed E-state index contributed by atoms with van der Waals surface area (Å²) in [5, 5.41) is 2.62. The first-order chi connectivity index (χ1) is 11.7. The molecule has 0 spiro atoms. The van der Waals surface area contributed by atoms with Gasteiger partial charge in [0.05, 0.1) is 18.0 Å². The van der Waals surface area contributed by atoms with Crippen LogP contribution in [0, 0.1) is 11.6 Å². The third-order valence-electron chi connectivity index (χ3n) is 3.56. The van der Waals surface area contributed by atoms with Crippen LogP contribution in [0.5, 0.6) is 0 Å². The topological polar surface area (TPSA) is 66.5 Å². The molecule has 2 aromatic carbocycles. The van der Waals surface area contributed by atoms with Crippen LogP contribution in [0.2, 0.25) is 0 Å². The maximum atomic E-state index is 13.9. The first-order valence-electron chi connectivity index (χ1n) is 7.45. The van der Waals surface area contributed by atoms with Gasteiger partial charge in [-0.25, -0.2) is 17.2 Å². The van der Waals surface area contributed by atoms with Crippen molar-refractivity contribution in [1.82, 2.24) is 5.32 Å². The van der Waals surface area contributed by atoms with Gasteiger partial charge in [-0.05, 0) is 36.8 Å². The largest absolute Gasteiger partial charge is 0.348 e. The molecule has 0 saturated carbocycles. The minimum absolute atomic E-state index is 0.199. The average molecular weight is 368 g/mol. The molecule has 0 fully saturated rings. The number of hydrogen-bond acceptors (Lipinski definition) is 3. The van der Waals surface area contributed by atoms with Crippen molar-refractivity contribution in [3.63, 3.8) is 0 Å². The van der Waals surface area contributed by atoms with Gasteiger partial charge in [0.15, 0.2) is 0 Å². The van der Waals surface area contributed by atoms with E-state index in [0.717, 1.165) is 12.3 Å². The molecule has 25 heavy (non-hydrogen) atoms. The van der Waals surface area contributed by atoms with Gasteiger partial charge in [0.25, 0.3) is 0 Å². The van der Waals surface area contributed by atoms with Gasteiger partial charge in [-0.2, -0.15) is 0 Å². The van der Waals surface area contributed by atoms with Gasteiger partial charge >= 0.3 is 0 Å². The van der Waals surface area contributed by atoms with Crippen LogP contribution in [0.25, 0.3) is 0 Å². The molecule has 0 radical (unpaired) electrons. The summed E-state index contributed by atoms with van der Waals surface area (Å²) in [7, 11) is -3.86. The number of rotatable bonds is 6. The van der Waals surface area contributed by atoms with E-state index >= 15 is 0 Å². The molecule has 2 aromatic rings. The summed E-state index contributed by atoms with van der Waals surface area (Å²) in [5.74, 6) is -1.75. The van der Waals surface area contributed by atoms with Gasteiger partial charge in [-0.1, -0.05) is 24.3 Å². The maximum absolute atomic E-state index is 13.9. The monoisotopic (exact) mass is 368 g/mol. The van der Waals surface area contributed by atoms with Crippen LogP contribution >= 0.6 is 0 Å². The van der Waals surface area contributed by atoms with E-state index in [2.05, 4.69) is 5.32 Å². The normalized spacial score (nSPS) is 12.5. The first kappa shape index (κ1) is 18.9. The number of amides is 1. The molecule has 1 unspecified atom stereocenters. The highest BCUT2D eigenvalue weighted by Gasteiger charge is 2.24. The molecule has 5 nitrogen and oxygen atoms in total. The summed E-state index contributed by atoms with van der Waals surface area (Å²) in [6, 6.07) is 10.4.